The fourth-order valence-corrected chi connectivity index (χ4v) is 3.44. The van der Waals surface area contributed by atoms with Gasteiger partial charge in [0.05, 0.1) is 17.9 Å². The van der Waals surface area contributed by atoms with E-state index < -0.39 is 16.8 Å². The van der Waals surface area contributed by atoms with Crippen LogP contribution in [0.3, 0.4) is 0 Å². The summed E-state index contributed by atoms with van der Waals surface area (Å²) in [6.45, 7) is 0. The van der Waals surface area contributed by atoms with Crippen molar-refractivity contribution in [3.05, 3.63) is 0 Å². The molecule has 0 heterocycles. The number of hydrogen-bond donors (Lipinski definition) is 1. The van der Waals surface area contributed by atoms with Crippen LogP contribution >= 0.6 is 15.9 Å². The SMILES string of the molecule is COC(=O)C12CC(C(=O)O)(C1)C2Br. The molecule has 0 aromatic carbocycles. The van der Waals surface area contributed by atoms with Gasteiger partial charge in [0.25, 0.3) is 0 Å². The molecule has 1 atom stereocenters. The van der Waals surface area contributed by atoms with E-state index in [1.807, 2.05) is 0 Å². The molecule has 2 bridgehead atoms. The molecule has 0 amide bonds. The number of halogens is 1. The van der Waals surface area contributed by atoms with Gasteiger partial charge in [-0.2, -0.15) is 0 Å². The van der Waals surface area contributed by atoms with E-state index in [4.69, 9.17) is 5.11 Å². The van der Waals surface area contributed by atoms with Crippen molar-refractivity contribution in [3.63, 3.8) is 0 Å². The van der Waals surface area contributed by atoms with Crippen LogP contribution < -0.4 is 0 Å². The zero-order chi connectivity index (χ0) is 9.85. The molecular formula is C8H9BrO4. The molecule has 3 aliphatic rings. The third kappa shape index (κ3) is 0.724. The van der Waals surface area contributed by atoms with Gasteiger partial charge in [0.1, 0.15) is 0 Å². The number of hydrogen-bond acceptors (Lipinski definition) is 3. The maximum atomic E-state index is 11.3. The number of esters is 1. The highest BCUT2D eigenvalue weighted by molar-refractivity contribution is 9.09. The minimum Gasteiger partial charge on any atom is -0.481 e. The van der Waals surface area contributed by atoms with Gasteiger partial charge in [0, 0.05) is 4.83 Å². The molecule has 0 aliphatic heterocycles. The Morgan fingerprint density at radius 3 is 2.31 bits per heavy atom. The zero-order valence-electron chi connectivity index (χ0n) is 7.04. The van der Waals surface area contributed by atoms with Crippen LogP contribution in [0.25, 0.3) is 0 Å². The van der Waals surface area contributed by atoms with Gasteiger partial charge in [-0.25, -0.2) is 0 Å². The number of alkyl halides is 1. The summed E-state index contributed by atoms with van der Waals surface area (Å²) in [7, 11) is 1.33. The molecule has 3 saturated carbocycles. The molecule has 3 rings (SSSR count). The third-order valence-corrected chi connectivity index (χ3v) is 5.00. The van der Waals surface area contributed by atoms with E-state index in [1.54, 1.807) is 0 Å². The lowest BCUT2D eigenvalue weighted by atomic mass is 9.35. The summed E-state index contributed by atoms with van der Waals surface area (Å²) < 4.78 is 4.63. The van der Waals surface area contributed by atoms with Crippen molar-refractivity contribution in [3.8, 4) is 0 Å². The van der Waals surface area contributed by atoms with Crippen LogP contribution in [0.15, 0.2) is 0 Å². The number of ether oxygens (including phenoxy) is 1. The number of carboxylic acid groups (broad SMARTS) is 1. The molecule has 4 nitrogen and oxygen atoms in total. The normalized spacial score (nSPS) is 45.8. The number of carboxylic acids is 1. The Balaban J connectivity index is 2.16. The Hall–Kier alpha value is -0.580. The number of aliphatic carboxylic acids is 1. The molecule has 0 spiro atoms. The van der Waals surface area contributed by atoms with Gasteiger partial charge in [-0.05, 0) is 12.8 Å². The van der Waals surface area contributed by atoms with Gasteiger partial charge in [0.15, 0.2) is 0 Å². The molecule has 72 valence electrons. The maximum absolute atomic E-state index is 11.3. The molecule has 0 aromatic heterocycles. The molecule has 1 unspecified atom stereocenters. The standard InChI is InChI=1S/C8H9BrO4/c1-13-6(12)8-2-7(3-8,4(8)9)5(10)11/h4H,2-3H2,1H3,(H,10,11). The number of carbonyl (C=O) groups excluding carboxylic acids is 1. The number of methoxy groups -OCH3 is 1. The van der Waals surface area contributed by atoms with E-state index in [9.17, 15) is 9.59 Å². The highest BCUT2D eigenvalue weighted by Gasteiger charge is 2.82. The highest BCUT2D eigenvalue weighted by Crippen LogP contribution is 2.76. The highest BCUT2D eigenvalue weighted by atomic mass is 79.9. The van der Waals surface area contributed by atoms with Crippen molar-refractivity contribution in [1.82, 2.24) is 0 Å². The first-order valence-electron chi connectivity index (χ1n) is 3.95. The van der Waals surface area contributed by atoms with Crippen molar-refractivity contribution < 1.29 is 19.4 Å². The first-order chi connectivity index (χ1) is 5.99. The number of carbonyl (C=O) groups is 2. The summed E-state index contributed by atoms with van der Waals surface area (Å²) >= 11 is 3.25. The summed E-state index contributed by atoms with van der Waals surface area (Å²) in [6.07, 6.45) is 0.829. The summed E-state index contributed by atoms with van der Waals surface area (Å²) in [5.41, 5.74) is -1.25. The minimum atomic E-state index is -0.819. The molecule has 1 N–H and O–H groups in total. The molecular weight excluding hydrogens is 240 g/mol. The van der Waals surface area contributed by atoms with Crippen LogP contribution in [-0.4, -0.2) is 29.0 Å². The van der Waals surface area contributed by atoms with Crippen LogP contribution in [-0.2, 0) is 14.3 Å². The van der Waals surface area contributed by atoms with E-state index in [0.29, 0.717) is 12.8 Å². The Morgan fingerprint density at radius 2 is 2.00 bits per heavy atom. The molecule has 13 heavy (non-hydrogen) atoms. The van der Waals surface area contributed by atoms with E-state index in [-0.39, 0.29) is 10.8 Å². The zero-order valence-corrected chi connectivity index (χ0v) is 8.63. The van der Waals surface area contributed by atoms with Gasteiger partial charge in [-0.1, -0.05) is 15.9 Å². The Labute approximate surface area is 83.4 Å². The topological polar surface area (TPSA) is 63.6 Å². The summed E-state index contributed by atoms with van der Waals surface area (Å²) in [5, 5.41) is 8.89. The van der Waals surface area contributed by atoms with Gasteiger partial charge >= 0.3 is 11.9 Å². The molecule has 3 fully saturated rings. The van der Waals surface area contributed by atoms with Gasteiger partial charge in [-0.15, -0.1) is 0 Å². The van der Waals surface area contributed by atoms with Crippen LogP contribution in [0, 0.1) is 10.8 Å². The van der Waals surface area contributed by atoms with Crippen molar-refractivity contribution in [2.24, 2.45) is 10.8 Å². The quantitative estimate of drug-likeness (QED) is 0.580. The fourth-order valence-electron chi connectivity index (χ4n) is 2.41. The second kappa shape index (κ2) is 2.26. The lowest BCUT2D eigenvalue weighted by molar-refractivity contribution is -0.225. The van der Waals surface area contributed by atoms with Crippen molar-refractivity contribution in [2.75, 3.05) is 7.11 Å². The minimum absolute atomic E-state index is 0.252. The second-order valence-corrected chi connectivity index (χ2v) is 4.74. The van der Waals surface area contributed by atoms with Gasteiger partial charge in [0.2, 0.25) is 0 Å². The average molecular weight is 249 g/mol. The second-order valence-electron chi connectivity index (χ2n) is 3.83. The lowest BCUT2D eigenvalue weighted by Crippen LogP contribution is -2.77. The first-order valence-corrected chi connectivity index (χ1v) is 4.87. The first kappa shape index (κ1) is 8.99. The molecule has 0 saturated heterocycles. The van der Waals surface area contributed by atoms with Crippen LogP contribution in [0.4, 0.5) is 0 Å². The molecule has 5 heteroatoms. The Morgan fingerprint density at radius 1 is 1.46 bits per heavy atom. The van der Waals surface area contributed by atoms with Crippen molar-refractivity contribution in [1.29, 1.82) is 0 Å². The van der Waals surface area contributed by atoms with E-state index in [2.05, 4.69) is 20.7 Å². The largest absolute Gasteiger partial charge is 0.481 e. The Bertz CT molecular complexity index is 293. The molecule has 3 aliphatic carbocycles. The average Bonchev–Trinajstić information content (AvgIpc) is 2.01. The van der Waals surface area contributed by atoms with Gasteiger partial charge < -0.3 is 9.84 Å². The predicted octanol–water partition coefficient (Wildman–Crippen LogP) is 0.788. The Kier molecular flexibility index (Phi) is 1.56. The van der Waals surface area contributed by atoms with Gasteiger partial charge in [-0.3, -0.25) is 9.59 Å². The fraction of sp³-hybridized carbons (Fsp3) is 0.750. The van der Waals surface area contributed by atoms with Crippen molar-refractivity contribution in [2.45, 2.75) is 17.7 Å². The smallest absolute Gasteiger partial charge is 0.313 e. The third-order valence-electron chi connectivity index (χ3n) is 3.25. The maximum Gasteiger partial charge on any atom is 0.313 e. The van der Waals surface area contributed by atoms with E-state index >= 15 is 0 Å². The van der Waals surface area contributed by atoms with Crippen LogP contribution in [0.2, 0.25) is 0 Å². The lowest BCUT2D eigenvalue weighted by Gasteiger charge is -2.69. The summed E-state index contributed by atoms with van der Waals surface area (Å²) in [6, 6.07) is 0. The summed E-state index contributed by atoms with van der Waals surface area (Å²) in [4.78, 5) is 21.9. The van der Waals surface area contributed by atoms with E-state index in [1.165, 1.54) is 7.11 Å². The van der Waals surface area contributed by atoms with Crippen LogP contribution in [0.1, 0.15) is 12.8 Å². The predicted molar refractivity (Wildman–Crippen MR) is 46.5 cm³/mol. The van der Waals surface area contributed by atoms with E-state index in [0.717, 1.165) is 0 Å². The molecule has 0 aromatic rings. The number of rotatable bonds is 2. The van der Waals surface area contributed by atoms with Crippen LogP contribution in [0.5, 0.6) is 0 Å². The van der Waals surface area contributed by atoms with Crippen molar-refractivity contribution >= 4 is 27.9 Å². The molecule has 0 radical (unpaired) electrons. The summed E-state index contributed by atoms with van der Waals surface area (Å²) in [5.74, 6) is -1.11. The monoisotopic (exact) mass is 248 g/mol.